The van der Waals surface area contributed by atoms with E-state index < -0.39 is 0 Å². The van der Waals surface area contributed by atoms with Gasteiger partial charge in [-0.1, -0.05) is 36.2 Å². The first-order valence-electron chi connectivity index (χ1n) is 6.81. The number of carbonyl (C=O) groups is 1. The van der Waals surface area contributed by atoms with Gasteiger partial charge in [0, 0.05) is 31.1 Å². The maximum atomic E-state index is 12.2. The molecule has 1 amide bonds. The van der Waals surface area contributed by atoms with Gasteiger partial charge in [0.2, 0.25) is 5.91 Å². The van der Waals surface area contributed by atoms with Crippen molar-refractivity contribution in [2.75, 3.05) is 7.05 Å². The minimum Gasteiger partial charge on any atom is -0.341 e. The van der Waals surface area contributed by atoms with Gasteiger partial charge in [0.1, 0.15) is 0 Å². The molecule has 0 aliphatic heterocycles. The summed E-state index contributed by atoms with van der Waals surface area (Å²) in [6.07, 6.45) is 3.83. The third kappa shape index (κ3) is 4.37. The third-order valence-corrected chi connectivity index (χ3v) is 4.31. The highest BCUT2D eigenvalue weighted by Crippen LogP contribution is 2.27. The molecule has 1 aliphatic carbocycles. The van der Waals surface area contributed by atoms with Crippen molar-refractivity contribution in [3.63, 3.8) is 0 Å². The first-order chi connectivity index (χ1) is 9.08. The smallest absolute Gasteiger partial charge is 0.222 e. The molecule has 0 spiro atoms. The quantitative estimate of drug-likeness (QED) is 0.927. The molecule has 1 aromatic carbocycles. The zero-order valence-electron chi connectivity index (χ0n) is 11.7. The van der Waals surface area contributed by atoms with Crippen LogP contribution in [0.15, 0.2) is 24.3 Å². The molecule has 0 aromatic heterocycles. The molecule has 0 unspecified atom stereocenters. The van der Waals surface area contributed by atoms with Crippen LogP contribution in [0.3, 0.4) is 0 Å². The van der Waals surface area contributed by atoms with E-state index in [1.165, 1.54) is 0 Å². The second kappa shape index (κ2) is 7.87. The van der Waals surface area contributed by atoms with Crippen molar-refractivity contribution in [3.8, 4) is 0 Å². The summed E-state index contributed by atoms with van der Waals surface area (Å²) in [5.41, 5.74) is 6.99. The van der Waals surface area contributed by atoms with Crippen LogP contribution in [-0.2, 0) is 11.3 Å². The van der Waals surface area contributed by atoms with E-state index in [2.05, 4.69) is 0 Å². The molecule has 1 fully saturated rings. The molecule has 1 aliphatic rings. The van der Waals surface area contributed by atoms with Crippen LogP contribution in [-0.4, -0.2) is 23.9 Å². The molecule has 0 bridgehead atoms. The van der Waals surface area contributed by atoms with E-state index in [1.807, 2.05) is 31.3 Å². The zero-order chi connectivity index (χ0) is 13.8. The van der Waals surface area contributed by atoms with Crippen LogP contribution in [0.25, 0.3) is 0 Å². The first-order valence-corrected chi connectivity index (χ1v) is 7.18. The average molecular weight is 317 g/mol. The molecule has 2 atom stereocenters. The summed E-state index contributed by atoms with van der Waals surface area (Å²) in [5, 5.41) is 0.708. The normalized spacial score (nSPS) is 21.4. The van der Waals surface area contributed by atoms with Gasteiger partial charge in [-0.3, -0.25) is 4.79 Å². The molecule has 0 radical (unpaired) electrons. The SMILES string of the molecule is CN(Cc1ccccc1Cl)C(=O)C[C@@H]1CCC[C@H]1N.Cl. The molecule has 0 saturated heterocycles. The van der Waals surface area contributed by atoms with Gasteiger partial charge < -0.3 is 10.6 Å². The first kappa shape index (κ1) is 17.3. The molecule has 20 heavy (non-hydrogen) atoms. The Morgan fingerprint density at radius 1 is 1.40 bits per heavy atom. The Kier molecular flexibility index (Phi) is 6.80. The van der Waals surface area contributed by atoms with E-state index in [0.29, 0.717) is 23.9 Å². The fraction of sp³-hybridized carbons (Fsp3) is 0.533. The Hall–Kier alpha value is -0.770. The number of halogens is 2. The largest absolute Gasteiger partial charge is 0.341 e. The fourth-order valence-electron chi connectivity index (χ4n) is 2.67. The predicted octanol–water partition coefficient (Wildman–Crippen LogP) is 3.24. The van der Waals surface area contributed by atoms with E-state index in [9.17, 15) is 4.79 Å². The van der Waals surface area contributed by atoms with Crippen molar-refractivity contribution in [3.05, 3.63) is 34.9 Å². The number of carbonyl (C=O) groups excluding carboxylic acids is 1. The number of hydrogen-bond donors (Lipinski definition) is 1. The van der Waals surface area contributed by atoms with E-state index in [1.54, 1.807) is 4.90 Å². The molecular weight excluding hydrogens is 295 g/mol. The van der Waals surface area contributed by atoms with Crippen LogP contribution in [0.5, 0.6) is 0 Å². The standard InChI is InChI=1S/C15H21ClN2O.ClH/c1-18(10-12-5-2-3-7-13(12)16)15(19)9-11-6-4-8-14(11)17;/h2-3,5,7,11,14H,4,6,8-10,17H2,1H3;1H/t11-,14+;/m0./s1. The molecule has 2 N–H and O–H groups in total. The highest BCUT2D eigenvalue weighted by atomic mass is 35.5. The van der Waals surface area contributed by atoms with Crippen LogP contribution in [0.1, 0.15) is 31.2 Å². The lowest BCUT2D eigenvalue weighted by Gasteiger charge is -2.21. The molecular formula is C15H22Cl2N2O. The van der Waals surface area contributed by atoms with Crippen LogP contribution in [0.4, 0.5) is 0 Å². The summed E-state index contributed by atoms with van der Waals surface area (Å²) >= 11 is 6.11. The summed E-state index contributed by atoms with van der Waals surface area (Å²) in [5.74, 6) is 0.503. The van der Waals surface area contributed by atoms with Crippen molar-refractivity contribution in [2.45, 2.75) is 38.3 Å². The van der Waals surface area contributed by atoms with Crippen LogP contribution >= 0.6 is 24.0 Å². The highest BCUT2D eigenvalue weighted by molar-refractivity contribution is 6.31. The number of amides is 1. The molecule has 2 rings (SSSR count). The van der Waals surface area contributed by atoms with E-state index in [0.717, 1.165) is 24.8 Å². The Bertz CT molecular complexity index is 453. The van der Waals surface area contributed by atoms with Gasteiger partial charge in [-0.15, -0.1) is 12.4 Å². The zero-order valence-corrected chi connectivity index (χ0v) is 13.3. The molecule has 112 valence electrons. The lowest BCUT2D eigenvalue weighted by molar-refractivity contribution is -0.131. The van der Waals surface area contributed by atoms with E-state index >= 15 is 0 Å². The predicted molar refractivity (Wildman–Crippen MR) is 85.1 cm³/mol. The monoisotopic (exact) mass is 316 g/mol. The number of nitrogens with zero attached hydrogens (tertiary/aromatic N) is 1. The number of hydrogen-bond acceptors (Lipinski definition) is 2. The van der Waals surface area contributed by atoms with Gasteiger partial charge in [0.15, 0.2) is 0 Å². The molecule has 5 heteroatoms. The van der Waals surface area contributed by atoms with Crippen molar-refractivity contribution in [2.24, 2.45) is 11.7 Å². The molecule has 1 saturated carbocycles. The molecule has 0 heterocycles. The van der Waals surface area contributed by atoms with Gasteiger partial charge in [0.05, 0.1) is 0 Å². The Morgan fingerprint density at radius 3 is 2.70 bits per heavy atom. The van der Waals surface area contributed by atoms with Gasteiger partial charge >= 0.3 is 0 Å². The topological polar surface area (TPSA) is 46.3 Å². The van der Waals surface area contributed by atoms with Crippen molar-refractivity contribution in [1.29, 1.82) is 0 Å². The minimum atomic E-state index is 0. The lowest BCUT2D eigenvalue weighted by Crippen LogP contribution is -2.32. The average Bonchev–Trinajstić information content (AvgIpc) is 2.78. The van der Waals surface area contributed by atoms with Crippen LogP contribution < -0.4 is 5.73 Å². The van der Waals surface area contributed by atoms with E-state index in [4.69, 9.17) is 17.3 Å². The summed E-state index contributed by atoms with van der Waals surface area (Å²) in [4.78, 5) is 13.9. The van der Waals surface area contributed by atoms with Crippen molar-refractivity contribution < 1.29 is 4.79 Å². The third-order valence-electron chi connectivity index (χ3n) is 3.95. The van der Waals surface area contributed by atoms with Gasteiger partial charge in [-0.05, 0) is 30.4 Å². The summed E-state index contributed by atoms with van der Waals surface area (Å²) in [6, 6.07) is 7.82. The fourth-order valence-corrected chi connectivity index (χ4v) is 2.86. The van der Waals surface area contributed by atoms with E-state index in [-0.39, 0.29) is 24.4 Å². The number of rotatable bonds is 4. The Morgan fingerprint density at radius 2 is 2.10 bits per heavy atom. The van der Waals surface area contributed by atoms with Crippen LogP contribution in [0, 0.1) is 5.92 Å². The highest BCUT2D eigenvalue weighted by Gasteiger charge is 2.27. The number of benzene rings is 1. The van der Waals surface area contributed by atoms with Crippen molar-refractivity contribution >= 4 is 29.9 Å². The van der Waals surface area contributed by atoms with Gasteiger partial charge in [0.25, 0.3) is 0 Å². The Labute approximate surface area is 131 Å². The second-order valence-corrected chi connectivity index (χ2v) is 5.81. The number of nitrogens with two attached hydrogens (primary N) is 1. The maximum Gasteiger partial charge on any atom is 0.222 e. The summed E-state index contributed by atoms with van der Waals surface area (Å²) < 4.78 is 0. The summed E-state index contributed by atoms with van der Waals surface area (Å²) in [7, 11) is 1.83. The Balaban J connectivity index is 0.00000200. The molecule has 1 aromatic rings. The lowest BCUT2D eigenvalue weighted by atomic mass is 9.99. The van der Waals surface area contributed by atoms with Gasteiger partial charge in [-0.25, -0.2) is 0 Å². The van der Waals surface area contributed by atoms with Gasteiger partial charge in [-0.2, -0.15) is 0 Å². The van der Waals surface area contributed by atoms with Crippen molar-refractivity contribution in [1.82, 2.24) is 4.90 Å². The van der Waals surface area contributed by atoms with Crippen LogP contribution in [0.2, 0.25) is 5.02 Å². The second-order valence-electron chi connectivity index (χ2n) is 5.40. The summed E-state index contributed by atoms with van der Waals surface area (Å²) in [6.45, 7) is 0.556. The maximum absolute atomic E-state index is 12.2. The molecule has 3 nitrogen and oxygen atoms in total. The minimum absolute atomic E-state index is 0.